The summed E-state index contributed by atoms with van der Waals surface area (Å²) in [7, 11) is 0. The van der Waals surface area contributed by atoms with Crippen molar-refractivity contribution < 1.29 is 9.21 Å². The van der Waals surface area contributed by atoms with E-state index in [0.717, 1.165) is 22.2 Å². The topological polar surface area (TPSA) is 55.1 Å². The number of hydrogen-bond donors (Lipinski definition) is 1. The van der Waals surface area contributed by atoms with Crippen molar-refractivity contribution in [3.05, 3.63) is 65.0 Å². The molecule has 0 unspecified atom stereocenters. The number of aromatic nitrogens is 1. The molecule has 2 aromatic carbocycles. The lowest BCUT2D eigenvalue weighted by Crippen LogP contribution is -2.23. The summed E-state index contributed by atoms with van der Waals surface area (Å²) in [6.45, 7) is 4.21. The van der Waals surface area contributed by atoms with Gasteiger partial charge in [0.2, 0.25) is 0 Å². The summed E-state index contributed by atoms with van der Waals surface area (Å²) in [5.74, 6) is 0.577. The van der Waals surface area contributed by atoms with E-state index < -0.39 is 0 Å². The highest BCUT2D eigenvalue weighted by Crippen LogP contribution is 2.17. The second kappa shape index (κ2) is 5.40. The molecule has 4 nitrogen and oxygen atoms in total. The van der Waals surface area contributed by atoms with E-state index in [-0.39, 0.29) is 5.91 Å². The zero-order chi connectivity index (χ0) is 14.8. The molecular weight excluding hydrogens is 264 g/mol. The molecule has 0 spiro atoms. The van der Waals surface area contributed by atoms with Gasteiger partial charge in [0, 0.05) is 19.0 Å². The monoisotopic (exact) mass is 280 g/mol. The third kappa shape index (κ3) is 2.79. The molecule has 0 aliphatic rings. The van der Waals surface area contributed by atoms with Gasteiger partial charge in [0.25, 0.3) is 5.91 Å². The molecule has 0 aliphatic heterocycles. The van der Waals surface area contributed by atoms with Crippen molar-refractivity contribution in [2.24, 2.45) is 0 Å². The lowest BCUT2D eigenvalue weighted by Gasteiger charge is -2.07. The number of rotatable bonds is 3. The summed E-state index contributed by atoms with van der Waals surface area (Å²) in [6.07, 6.45) is 0. The van der Waals surface area contributed by atoms with Crippen LogP contribution in [0.2, 0.25) is 0 Å². The molecule has 1 amide bonds. The molecule has 3 rings (SSSR count). The van der Waals surface area contributed by atoms with Gasteiger partial charge in [-0.05, 0) is 36.2 Å². The predicted octanol–water partition coefficient (Wildman–Crippen LogP) is 3.37. The number of fused-ring (bicyclic) bond motifs is 1. The molecule has 0 bridgehead atoms. The van der Waals surface area contributed by atoms with E-state index in [9.17, 15) is 4.79 Å². The smallest absolute Gasteiger partial charge is 0.251 e. The predicted molar refractivity (Wildman–Crippen MR) is 81.1 cm³/mol. The first-order valence-corrected chi connectivity index (χ1v) is 6.83. The van der Waals surface area contributed by atoms with E-state index in [0.29, 0.717) is 18.0 Å². The number of aryl methyl sites for hydroxylation is 2. The largest absolute Gasteiger partial charge is 0.441 e. The van der Waals surface area contributed by atoms with Gasteiger partial charge in [-0.1, -0.05) is 24.3 Å². The van der Waals surface area contributed by atoms with Crippen LogP contribution in [0.4, 0.5) is 0 Å². The Morgan fingerprint density at radius 3 is 2.81 bits per heavy atom. The number of carbonyl (C=O) groups is 1. The molecule has 106 valence electrons. The Balaban J connectivity index is 1.74. The fourth-order valence-electron chi connectivity index (χ4n) is 2.30. The highest BCUT2D eigenvalue weighted by atomic mass is 16.3. The maximum atomic E-state index is 12.2. The van der Waals surface area contributed by atoms with E-state index in [2.05, 4.69) is 10.3 Å². The van der Waals surface area contributed by atoms with Gasteiger partial charge in [0.1, 0.15) is 5.52 Å². The number of nitrogens with zero attached hydrogens (tertiary/aromatic N) is 1. The minimum Gasteiger partial charge on any atom is -0.441 e. The number of hydrogen-bond acceptors (Lipinski definition) is 3. The van der Waals surface area contributed by atoms with Crippen LogP contribution < -0.4 is 5.32 Å². The SMILES string of the molecule is Cc1nc2ccc(CNC(=O)c3ccccc3C)cc2o1. The summed E-state index contributed by atoms with van der Waals surface area (Å²) in [4.78, 5) is 16.4. The van der Waals surface area contributed by atoms with Gasteiger partial charge in [0.15, 0.2) is 11.5 Å². The second-order valence-corrected chi connectivity index (χ2v) is 5.03. The van der Waals surface area contributed by atoms with Gasteiger partial charge >= 0.3 is 0 Å². The van der Waals surface area contributed by atoms with Crippen molar-refractivity contribution in [1.82, 2.24) is 10.3 Å². The first kappa shape index (κ1) is 13.4. The maximum absolute atomic E-state index is 12.2. The first-order chi connectivity index (χ1) is 10.1. The molecule has 1 N–H and O–H groups in total. The standard InChI is InChI=1S/C17H16N2O2/c1-11-5-3-4-6-14(11)17(20)18-10-13-7-8-15-16(9-13)21-12(2)19-15/h3-9H,10H2,1-2H3,(H,18,20). The normalized spacial score (nSPS) is 10.8. The van der Waals surface area contributed by atoms with Gasteiger partial charge in [-0.2, -0.15) is 0 Å². The second-order valence-electron chi connectivity index (χ2n) is 5.03. The van der Waals surface area contributed by atoms with Gasteiger partial charge in [-0.3, -0.25) is 4.79 Å². The fraction of sp³-hybridized carbons (Fsp3) is 0.176. The molecule has 4 heteroatoms. The Morgan fingerprint density at radius 1 is 1.19 bits per heavy atom. The molecule has 0 aliphatic carbocycles. The lowest BCUT2D eigenvalue weighted by atomic mass is 10.1. The van der Waals surface area contributed by atoms with Gasteiger partial charge in [0.05, 0.1) is 0 Å². The van der Waals surface area contributed by atoms with E-state index in [1.165, 1.54) is 0 Å². The van der Waals surface area contributed by atoms with Gasteiger partial charge in [-0.25, -0.2) is 4.98 Å². The molecular formula is C17H16N2O2. The maximum Gasteiger partial charge on any atom is 0.251 e. The van der Waals surface area contributed by atoms with Crippen LogP contribution >= 0.6 is 0 Å². The van der Waals surface area contributed by atoms with E-state index in [1.807, 2.05) is 56.3 Å². The van der Waals surface area contributed by atoms with Crippen LogP contribution in [0.5, 0.6) is 0 Å². The van der Waals surface area contributed by atoms with E-state index in [4.69, 9.17) is 4.42 Å². The van der Waals surface area contributed by atoms with E-state index >= 15 is 0 Å². The molecule has 0 saturated carbocycles. The first-order valence-electron chi connectivity index (χ1n) is 6.83. The minimum atomic E-state index is -0.0676. The average molecular weight is 280 g/mol. The Kier molecular flexibility index (Phi) is 3.44. The van der Waals surface area contributed by atoms with Crippen molar-refractivity contribution >= 4 is 17.0 Å². The summed E-state index contributed by atoms with van der Waals surface area (Å²) >= 11 is 0. The van der Waals surface area contributed by atoms with Crippen LogP contribution in [0.25, 0.3) is 11.1 Å². The van der Waals surface area contributed by atoms with Crippen LogP contribution in [0.3, 0.4) is 0 Å². The minimum absolute atomic E-state index is 0.0676. The zero-order valence-electron chi connectivity index (χ0n) is 12.0. The molecule has 1 heterocycles. The van der Waals surface area contributed by atoms with Crippen molar-refractivity contribution in [3.63, 3.8) is 0 Å². The fourth-order valence-corrected chi connectivity index (χ4v) is 2.30. The Labute approximate surface area is 122 Å². The van der Waals surface area contributed by atoms with Gasteiger partial charge < -0.3 is 9.73 Å². The highest BCUT2D eigenvalue weighted by Gasteiger charge is 2.08. The number of amides is 1. The molecule has 0 fully saturated rings. The molecule has 0 saturated heterocycles. The number of nitrogens with one attached hydrogen (secondary N) is 1. The zero-order valence-corrected chi connectivity index (χ0v) is 12.0. The summed E-state index contributed by atoms with van der Waals surface area (Å²) in [6, 6.07) is 13.3. The Morgan fingerprint density at radius 2 is 2.00 bits per heavy atom. The summed E-state index contributed by atoms with van der Waals surface area (Å²) in [5, 5.41) is 2.93. The third-order valence-electron chi connectivity index (χ3n) is 3.40. The quantitative estimate of drug-likeness (QED) is 0.800. The van der Waals surface area contributed by atoms with Crippen LogP contribution in [0.15, 0.2) is 46.9 Å². The number of oxazole rings is 1. The summed E-state index contributed by atoms with van der Waals surface area (Å²) < 4.78 is 5.50. The molecule has 0 radical (unpaired) electrons. The molecule has 21 heavy (non-hydrogen) atoms. The van der Waals surface area contributed by atoms with Crippen molar-refractivity contribution in [1.29, 1.82) is 0 Å². The molecule has 1 aromatic heterocycles. The van der Waals surface area contributed by atoms with E-state index in [1.54, 1.807) is 0 Å². The molecule has 0 atom stereocenters. The van der Waals surface area contributed by atoms with Crippen LogP contribution in [0, 0.1) is 13.8 Å². The van der Waals surface area contributed by atoms with Crippen LogP contribution in [-0.2, 0) is 6.54 Å². The third-order valence-corrected chi connectivity index (χ3v) is 3.40. The van der Waals surface area contributed by atoms with Crippen molar-refractivity contribution in [3.8, 4) is 0 Å². The van der Waals surface area contributed by atoms with Crippen molar-refractivity contribution in [2.45, 2.75) is 20.4 Å². The van der Waals surface area contributed by atoms with Gasteiger partial charge in [-0.15, -0.1) is 0 Å². The van der Waals surface area contributed by atoms with Crippen LogP contribution in [0.1, 0.15) is 27.4 Å². The number of carbonyl (C=O) groups excluding carboxylic acids is 1. The van der Waals surface area contributed by atoms with Crippen molar-refractivity contribution in [2.75, 3.05) is 0 Å². The lowest BCUT2D eigenvalue weighted by molar-refractivity contribution is 0.0950. The van der Waals surface area contributed by atoms with Crippen LogP contribution in [-0.4, -0.2) is 10.9 Å². The Bertz CT molecular complexity index is 805. The molecule has 3 aromatic rings. The highest BCUT2D eigenvalue weighted by molar-refractivity contribution is 5.95. The summed E-state index contributed by atoms with van der Waals surface area (Å²) in [5.41, 5.74) is 4.24. The number of benzene rings is 2. The average Bonchev–Trinajstić information content (AvgIpc) is 2.84. The Hall–Kier alpha value is -2.62.